The highest BCUT2D eigenvalue weighted by atomic mass is 32.2. The van der Waals surface area contributed by atoms with Crippen molar-refractivity contribution in [3.63, 3.8) is 0 Å². The van der Waals surface area contributed by atoms with E-state index in [1.165, 1.54) is 23.9 Å². The van der Waals surface area contributed by atoms with Gasteiger partial charge >= 0.3 is 0 Å². The van der Waals surface area contributed by atoms with Crippen LogP contribution in [0.2, 0.25) is 0 Å². The number of benzene rings is 2. The highest BCUT2D eigenvalue weighted by molar-refractivity contribution is 8.00. The molecule has 7 nitrogen and oxygen atoms in total. The average Bonchev–Trinajstić information content (AvgIpc) is 3.18. The highest BCUT2D eigenvalue weighted by Crippen LogP contribution is 2.32. The summed E-state index contributed by atoms with van der Waals surface area (Å²) >= 11 is 1.43. The van der Waals surface area contributed by atoms with Crippen LogP contribution in [0.5, 0.6) is 0 Å². The fourth-order valence-electron chi connectivity index (χ4n) is 2.69. The van der Waals surface area contributed by atoms with E-state index < -0.39 is 6.04 Å². The van der Waals surface area contributed by atoms with Crippen LogP contribution in [0.4, 0.5) is 10.1 Å². The zero-order valence-electron chi connectivity index (χ0n) is 14.7. The minimum atomic E-state index is -0.533. The molecule has 3 aromatic rings. The number of thioether (sulfide) groups is 1. The average molecular weight is 398 g/mol. The number of nitrogens with zero attached hydrogens (tertiary/aromatic N) is 2. The summed E-state index contributed by atoms with van der Waals surface area (Å²) in [5, 5.41) is 9.42. The van der Waals surface area contributed by atoms with Crippen molar-refractivity contribution < 1.29 is 18.5 Å². The number of halogens is 1. The molecule has 9 heteroatoms. The molecule has 28 heavy (non-hydrogen) atoms. The molecule has 0 saturated carbocycles. The van der Waals surface area contributed by atoms with Crippen LogP contribution in [0.15, 0.2) is 51.9 Å². The van der Waals surface area contributed by atoms with Crippen LogP contribution in [0, 0.1) is 5.82 Å². The zero-order chi connectivity index (χ0) is 19.7. The van der Waals surface area contributed by atoms with Crippen LogP contribution in [-0.2, 0) is 4.79 Å². The van der Waals surface area contributed by atoms with E-state index >= 15 is 0 Å². The van der Waals surface area contributed by atoms with E-state index in [0.29, 0.717) is 28.4 Å². The summed E-state index contributed by atoms with van der Waals surface area (Å²) in [5.74, 6) is 0.125. The zero-order valence-corrected chi connectivity index (χ0v) is 15.5. The Balaban J connectivity index is 1.47. The number of amides is 2. The summed E-state index contributed by atoms with van der Waals surface area (Å²) < 4.78 is 18.3. The normalized spacial score (nSPS) is 14.1. The molecule has 1 atom stereocenters. The summed E-state index contributed by atoms with van der Waals surface area (Å²) in [6, 6.07) is 10.3. The van der Waals surface area contributed by atoms with Crippen LogP contribution in [0.1, 0.15) is 29.2 Å². The Labute approximate surface area is 163 Å². The summed E-state index contributed by atoms with van der Waals surface area (Å²) in [6.07, 6.45) is 0. The molecule has 0 radical (unpaired) electrons. The van der Waals surface area contributed by atoms with Crippen molar-refractivity contribution in [3.8, 4) is 11.4 Å². The number of anilines is 1. The molecule has 1 unspecified atom stereocenters. The molecule has 4 rings (SSSR count). The second kappa shape index (κ2) is 7.43. The summed E-state index contributed by atoms with van der Waals surface area (Å²) in [7, 11) is 0. The number of hydrogen-bond donors (Lipinski definition) is 2. The van der Waals surface area contributed by atoms with E-state index in [9.17, 15) is 14.0 Å². The third-order valence-electron chi connectivity index (χ3n) is 4.14. The van der Waals surface area contributed by atoms with Gasteiger partial charge in [0.2, 0.25) is 17.6 Å². The van der Waals surface area contributed by atoms with E-state index in [1.807, 2.05) is 0 Å². The van der Waals surface area contributed by atoms with Crippen LogP contribution >= 0.6 is 11.8 Å². The van der Waals surface area contributed by atoms with Gasteiger partial charge < -0.3 is 15.2 Å². The van der Waals surface area contributed by atoms with Gasteiger partial charge in [0, 0.05) is 16.0 Å². The van der Waals surface area contributed by atoms with Gasteiger partial charge in [-0.1, -0.05) is 5.16 Å². The minimum Gasteiger partial charge on any atom is -0.341 e. The minimum absolute atomic E-state index is 0.0948. The molecule has 142 valence electrons. The van der Waals surface area contributed by atoms with Crippen molar-refractivity contribution in [1.29, 1.82) is 0 Å². The SMILES string of the molecule is CC(NC(=O)c1ccc2c(c1)NC(=O)CS2)c1nc(-c2ccc(F)cc2)no1. The summed E-state index contributed by atoms with van der Waals surface area (Å²) in [6.45, 7) is 1.72. The van der Waals surface area contributed by atoms with Gasteiger partial charge in [0.05, 0.1) is 11.4 Å². The first-order valence-electron chi connectivity index (χ1n) is 8.47. The van der Waals surface area contributed by atoms with Crippen molar-refractivity contribution >= 4 is 29.3 Å². The fraction of sp³-hybridized carbons (Fsp3) is 0.158. The fourth-order valence-corrected chi connectivity index (χ4v) is 3.48. The van der Waals surface area contributed by atoms with E-state index in [2.05, 4.69) is 20.8 Å². The van der Waals surface area contributed by atoms with E-state index in [1.54, 1.807) is 37.3 Å². The third-order valence-corrected chi connectivity index (χ3v) is 5.21. The highest BCUT2D eigenvalue weighted by Gasteiger charge is 2.21. The van der Waals surface area contributed by atoms with Crippen molar-refractivity contribution in [2.24, 2.45) is 0 Å². The van der Waals surface area contributed by atoms with Gasteiger partial charge in [0.15, 0.2) is 0 Å². The lowest BCUT2D eigenvalue weighted by Gasteiger charge is -2.17. The molecule has 0 saturated heterocycles. The van der Waals surface area contributed by atoms with Gasteiger partial charge in [-0.15, -0.1) is 11.8 Å². The van der Waals surface area contributed by atoms with Crippen LogP contribution in [-0.4, -0.2) is 27.7 Å². The molecular formula is C19H15FN4O3S. The van der Waals surface area contributed by atoms with Crippen molar-refractivity contribution in [3.05, 3.63) is 59.7 Å². The van der Waals surface area contributed by atoms with Gasteiger partial charge in [-0.05, 0) is 49.4 Å². The molecule has 0 aliphatic carbocycles. The van der Waals surface area contributed by atoms with E-state index in [0.717, 1.165) is 4.90 Å². The van der Waals surface area contributed by atoms with Crippen molar-refractivity contribution in [2.45, 2.75) is 17.9 Å². The predicted octanol–water partition coefficient (Wildman–Crippen LogP) is 3.41. The quantitative estimate of drug-likeness (QED) is 0.699. The Morgan fingerprint density at radius 3 is 2.86 bits per heavy atom. The van der Waals surface area contributed by atoms with E-state index in [-0.39, 0.29) is 23.5 Å². The number of hydrogen-bond acceptors (Lipinski definition) is 6. The number of carbonyl (C=O) groups is 2. The second-order valence-electron chi connectivity index (χ2n) is 6.21. The summed E-state index contributed by atoms with van der Waals surface area (Å²) in [5.41, 5.74) is 1.64. The van der Waals surface area contributed by atoms with Crippen LogP contribution in [0.3, 0.4) is 0 Å². The first kappa shape index (κ1) is 18.2. The molecule has 0 bridgehead atoms. The maximum Gasteiger partial charge on any atom is 0.251 e. The maximum absolute atomic E-state index is 13.0. The van der Waals surface area contributed by atoms with E-state index in [4.69, 9.17) is 4.52 Å². The van der Waals surface area contributed by atoms with Gasteiger partial charge in [-0.3, -0.25) is 9.59 Å². The Bertz CT molecular complexity index is 1050. The molecule has 2 aromatic carbocycles. The number of nitrogens with one attached hydrogen (secondary N) is 2. The summed E-state index contributed by atoms with van der Waals surface area (Å²) in [4.78, 5) is 29.3. The van der Waals surface area contributed by atoms with Gasteiger partial charge in [0.1, 0.15) is 11.9 Å². The van der Waals surface area contributed by atoms with Crippen LogP contribution < -0.4 is 10.6 Å². The third kappa shape index (κ3) is 3.74. The lowest BCUT2D eigenvalue weighted by atomic mass is 10.1. The molecule has 0 spiro atoms. The molecule has 2 amide bonds. The molecule has 1 aliphatic rings. The Kier molecular flexibility index (Phi) is 4.82. The number of carbonyl (C=O) groups excluding carboxylic acids is 2. The molecule has 0 fully saturated rings. The molecule has 2 N–H and O–H groups in total. The number of aromatic nitrogens is 2. The number of fused-ring (bicyclic) bond motifs is 1. The van der Waals surface area contributed by atoms with Crippen LogP contribution in [0.25, 0.3) is 11.4 Å². The topological polar surface area (TPSA) is 97.1 Å². The van der Waals surface area contributed by atoms with Gasteiger partial charge in [0.25, 0.3) is 5.91 Å². The molecule has 1 aromatic heterocycles. The van der Waals surface area contributed by atoms with Crippen molar-refractivity contribution in [1.82, 2.24) is 15.5 Å². The Hall–Kier alpha value is -3.20. The monoisotopic (exact) mass is 398 g/mol. The Morgan fingerprint density at radius 1 is 1.29 bits per heavy atom. The lowest BCUT2D eigenvalue weighted by Crippen LogP contribution is -2.27. The lowest BCUT2D eigenvalue weighted by molar-refractivity contribution is -0.113. The first-order valence-corrected chi connectivity index (χ1v) is 9.45. The molecular weight excluding hydrogens is 383 g/mol. The van der Waals surface area contributed by atoms with Gasteiger partial charge in [-0.25, -0.2) is 4.39 Å². The van der Waals surface area contributed by atoms with Crippen molar-refractivity contribution in [2.75, 3.05) is 11.1 Å². The predicted molar refractivity (Wildman–Crippen MR) is 101 cm³/mol. The smallest absolute Gasteiger partial charge is 0.251 e. The standard InChI is InChI=1S/C19H15FN4O3S/c1-10(19-23-17(24-27-19)11-2-5-13(20)6-3-11)21-18(26)12-4-7-15-14(8-12)22-16(25)9-28-15/h2-8,10H,9H2,1H3,(H,21,26)(H,22,25). The Morgan fingerprint density at radius 2 is 2.07 bits per heavy atom. The largest absolute Gasteiger partial charge is 0.341 e. The molecule has 2 heterocycles. The maximum atomic E-state index is 13.0. The van der Waals surface area contributed by atoms with Gasteiger partial charge in [-0.2, -0.15) is 4.98 Å². The first-order chi connectivity index (χ1) is 13.5. The number of rotatable bonds is 4. The molecule has 1 aliphatic heterocycles. The second-order valence-corrected chi connectivity index (χ2v) is 7.22.